The van der Waals surface area contributed by atoms with Crippen LogP contribution in [0.5, 0.6) is 0 Å². The number of rotatable bonds is 7. The number of hydrogen-bond donors (Lipinski definition) is 1. The van der Waals surface area contributed by atoms with Crippen LogP contribution in [-0.4, -0.2) is 68.8 Å². The van der Waals surface area contributed by atoms with Gasteiger partial charge in [0.05, 0.1) is 11.1 Å². The van der Waals surface area contributed by atoms with Crippen LogP contribution in [-0.2, 0) is 16.6 Å². The summed E-state index contributed by atoms with van der Waals surface area (Å²) in [5.41, 5.74) is 5.59. The van der Waals surface area contributed by atoms with Crippen LogP contribution in [0.15, 0.2) is 52.5 Å². The lowest BCUT2D eigenvalue weighted by atomic mass is 10.1. The molecule has 1 aliphatic heterocycles. The second-order valence-corrected chi connectivity index (χ2v) is 10.6. The van der Waals surface area contributed by atoms with Crippen LogP contribution in [0.25, 0.3) is 10.9 Å². The average molecular weight is 468 g/mol. The van der Waals surface area contributed by atoms with Crippen molar-refractivity contribution in [1.82, 2.24) is 19.2 Å². The number of hydrogen-bond acceptors (Lipinski definition) is 5. The van der Waals surface area contributed by atoms with Gasteiger partial charge in [0.1, 0.15) is 0 Å². The molecular weight excluding hydrogens is 434 g/mol. The Hall–Kier alpha value is -2.68. The third kappa shape index (κ3) is 5.29. The fraction of sp³-hybridized carbons (Fsp3) is 0.400. The number of likely N-dealkylation sites (N-methyl/N-ethyl adjacent to an activating group) is 1. The molecule has 0 bridgehead atoms. The van der Waals surface area contributed by atoms with E-state index in [0.29, 0.717) is 0 Å². The predicted molar refractivity (Wildman–Crippen MR) is 134 cm³/mol. The summed E-state index contributed by atoms with van der Waals surface area (Å²) in [4.78, 5) is 7.41. The lowest BCUT2D eigenvalue weighted by Gasteiger charge is -2.32. The van der Waals surface area contributed by atoms with Crippen LogP contribution in [0.3, 0.4) is 0 Å². The molecule has 1 fully saturated rings. The third-order valence-corrected chi connectivity index (χ3v) is 7.86. The maximum atomic E-state index is 12.4. The van der Waals surface area contributed by atoms with E-state index in [9.17, 15) is 8.42 Å². The second kappa shape index (κ2) is 9.67. The molecule has 0 amide bonds. The highest BCUT2D eigenvalue weighted by atomic mass is 32.2. The maximum Gasteiger partial charge on any atom is 0.276 e. The minimum absolute atomic E-state index is 0.199. The normalized spacial score (nSPS) is 16.1. The number of piperazine rings is 1. The highest BCUT2D eigenvalue weighted by Gasteiger charge is 2.16. The van der Waals surface area contributed by atoms with E-state index in [1.807, 2.05) is 13.0 Å². The molecule has 1 aliphatic rings. The van der Waals surface area contributed by atoms with Crippen LogP contribution in [0.4, 0.5) is 0 Å². The van der Waals surface area contributed by atoms with Crippen LogP contribution in [0.1, 0.15) is 22.4 Å². The SMILES string of the molecule is Cc1ccc(S(=O)(=O)NN=Cc2ccc3c(c2)c(C)c(C)n3CCN2CCN(C)CC2)cc1. The van der Waals surface area contributed by atoms with Crippen molar-refractivity contribution in [1.29, 1.82) is 0 Å². The highest BCUT2D eigenvalue weighted by Crippen LogP contribution is 2.26. The molecule has 33 heavy (non-hydrogen) atoms. The molecule has 0 aliphatic carbocycles. The summed E-state index contributed by atoms with van der Waals surface area (Å²) in [6, 6.07) is 12.9. The van der Waals surface area contributed by atoms with Crippen molar-refractivity contribution in [3.63, 3.8) is 0 Å². The Kier molecular flexibility index (Phi) is 6.88. The van der Waals surface area contributed by atoms with E-state index < -0.39 is 10.0 Å². The molecule has 3 aromatic rings. The standard InChI is InChI=1S/C25H33N5O2S/c1-19-5-8-23(9-6-19)33(31,32)27-26-18-22-7-10-25-24(17-22)20(2)21(3)30(25)16-15-29-13-11-28(4)12-14-29/h5-10,17-18,27H,11-16H2,1-4H3. The maximum absolute atomic E-state index is 12.4. The van der Waals surface area contributed by atoms with Crippen LogP contribution in [0, 0.1) is 20.8 Å². The Morgan fingerprint density at radius 2 is 1.67 bits per heavy atom. The molecule has 4 rings (SSSR count). The molecule has 7 nitrogen and oxygen atoms in total. The largest absolute Gasteiger partial charge is 0.343 e. The van der Waals surface area contributed by atoms with Gasteiger partial charge in [-0.25, -0.2) is 4.83 Å². The van der Waals surface area contributed by atoms with E-state index in [4.69, 9.17) is 0 Å². The first-order valence-corrected chi connectivity index (χ1v) is 12.8. The van der Waals surface area contributed by atoms with Crippen molar-refractivity contribution in [3.8, 4) is 0 Å². The fourth-order valence-corrected chi connectivity index (χ4v) is 5.08. The summed E-state index contributed by atoms with van der Waals surface area (Å²) in [6.45, 7) is 12.7. The van der Waals surface area contributed by atoms with E-state index in [0.717, 1.165) is 50.4 Å². The van der Waals surface area contributed by atoms with Crippen molar-refractivity contribution >= 4 is 27.1 Å². The topological polar surface area (TPSA) is 69.9 Å². The number of nitrogens with one attached hydrogen (secondary N) is 1. The molecule has 1 saturated heterocycles. The predicted octanol–water partition coefficient (Wildman–Crippen LogP) is 3.13. The second-order valence-electron chi connectivity index (χ2n) is 8.95. The van der Waals surface area contributed by atoms with Crippen molar-refractivity contribution in [2.75, 3.05) is 39.8 Å². The van der Waals surface area contributed by atoms with Crippen LogP contribution in [0.2, 0.25) is 0 Å². The zero-order valence-corrected chi connectivity index (χ0v) is 20.7. The lowest BCUT2D eigenvalue weighted by molar-refractivity contribution is 0.150. The Labute approximate surface area is 196 Å². The molecule has 176 valence electrons. The van der Waals surface area contributed by atoms with Crippen molar-refractivity contribution < 1.29 is 8.42 Å². The van der Waals surface area contributed by atoms with Gasteiger partial charge in [-0.2, -0.15) is 13.5 Å². The summed E-state index contributed by atoms with van der Waals surface area (Å²) in [6.07, 6.45) is 1.56. The molecule has 2 aromatic carbocycles. The summed E-state index contributed by atoms with van der Waals surface area (Å²) in [5.74, 6) is 0. The number of hydrazone groups is 1. The van der Waals surface area contributed by atoms with E-state index in [-0.39, 0.29) is 4.90 Å². The van der Waals surface area contributed by atoms with Crippen molar-refractivity contribution in [2.45, 2.75) is 32.2 Å². The molecular formula is C25H33N5O2S. The van der Waals surface area contributed by atoms with Gasteiger partial charge in [0.15, 0.2) is 0 Å². The smallest absolute Gasteiger partial charge is 0.276 e. The molecule has 0 saturated carbocycles. The molecule has 1 N–H and O–H groups in total. The molecule has 0 radical (unpaired) electrons. The van der Waals surface area contributed by atoms with Gasteiger partial charge in [0.25, 0.3) is 10.0 Å². The van der Waals surface area contributed by atoms with E-state index >= 15 is 0 Å². The van der Waals surface area contributed by atoms with Crippen molar-refractivity contribution in [3.05, 3.63) is 64.8 Å². The number of sulfonamides is 1. The molecule has 2 heterocycles. The Morgan fingerprint density at radius 3 is 2.36 bits per heavy atom. The van der Waals surface area contributed by atoms with Gasteiger partial charge >= 0.3 is 0 Å². The molecule has 0 spiro atoms. The number of benzene rings is 2. The molecule has 0 atom stereocenters. The number of fused-ring (bicyclic) bond motifs is 1. The zero-order chi connectivity index (χ0) is 23.6. The monoisotopic (exact) mass is 467 g/mol. The van der Waals surface area contributed by atoms with Gasteiger partial charge in [-0.3, -0.25) is 4.90 Å². The first-order valence-electron chi connectivity index (χ1n) is 11.4. The minimum Gasteiger partial charge on any atom is -0.343 e. The first-order chi connectivity index (χ1) is 15.7. The van der Waals surface area contributed by atoms with Gasteiger partial charge in [0, 0.05) is 55.9 Å². The molecule has 1 aromatic heterocycles. The van der Waals surface area contributed by atoms with E-state index in [1.165, 1.54) is 22.2 Å². The molecule has 0 unspecified atom stereocenters. The van der Waals surface area contributed by atoms with Gasteiger partial charge < -0.3 is 9.47 Å². The number of aryl methyl sites for hydroxylation is 2. The first kappa shape index (κ1) is 23.5. The van der Waals surface area contributed by atoms with E-state index in [1.54, 1.807) is 30.5 Å². The minimum atomic E-state index is -3.68. The average Bonchev–Trinajstić information content (AvgIpc) is 3.03. The highest BCUT2D eigenvalue weighted by molar-refractivity contribution is 7.89. The van der Waals surface area contributed by atoms with Crippen LogP contribution >= 0.6 is 0 Å². The summed E-state index contributed by atoms with van der Waals surface area (Å²) in [5, 5.41) is 5.18. The number of nitrogens with zero attached hydrogens (tertiary/aromatic N) is 4. The summed E-state index contributed by atoms with van der Waals surface area (Å²) >= 11 is 0. The fourth-order valence-electron chi connectivity index (χ4n) is 4.29. The molecule has 8 heteroatoms. The summed E-state index contributed by atoms with van der Waals surface area (Å²) in [7, 11) is -1.50. The number of aromatic nitrogens is 1. The van der Waals surface area contributed by atoms with Gasteiger partial charge in [-0.05, 0) is 63.2 Å². The Bertz CT molecular complexity index is 1250. The van der Waals surface area contributed by atoms with Gasteiger partial charge in [-0.15, -0.1) is 0 Å². The van der Waals surface area contributed by atoms with E-state index in [2.05, 4.69) is 57.3 Å². The van der Waals surface area contributed by atoms with Gasteiger partial charge in [-0.1, -0.05) is 23.8 Å². The lowest BCUT2D eigenvalue weighted by Crippen LogP contribution is -2.45. The third-order valence-electron chi connectivity index (χ3n) is 6.62. The van der Waals surface area contributed by atoms with Crippen LogP contribution < -0.4 is 4.83 Å². The van der Waals surface area contributed by atoms with Crippen molar-refractivity contribution in [2.24, 2.45) is 5.10 Å². The Morgan fingerprint density at radius 1 is 0.970 bits per heavy atom. The Balaban J connectivity index is 1.47. The summed E-state index contributed by atoms with van der Waals surface area (Å²) < 4.78 is 27.3. The quantitative estimate of drug-likeness (QED) is 0.428. The van der Waals surface area contributed by atoms with Gasteiger partial charge in [0.2, 0.25) is 0 Å². The zero-order valence-electron chi connectivity index (χ0n) is 19.9.